The molecule has 0 spiro atoms. The molecule has 0 amide bonds. The highest BCUT2D eigenvalue weighted by atomic mass is 32.2. The Kier molecular flexibility index (Phi) is 5.99. The number of nitrogens with one attached hydrogen (secondary N) is 1. The molecule has 0 aliphatic carbocycles. The summed E-state index contributed by atoms with van der Waals surface area (Å²) in [6, 6.07) is 5.05. The maximum atomic E-state index is 14.6. The first kappa shape index (κ1) is 23.0. The van der Waals surface area contributed by atoms with E-state index < -0.39 is 44.4 Å². The Balaban J connectivity index is 1.68. The fourth-order valence-corrected chi connectivity index (χ4v) is 4.62. The second-order valence-electron chi connectivity index (χ2n) is 7.34. The fourth-order valence-electron chi connectivity index (χ4n) is 3.53. The number of sulfonamides is 1. The van der Waals surface area contributed by atoms with Gasteiger partial charge in [-0.1, -0.05) is 12.5 Å². The van der Waals surface area contributed by atoms with Crippen molar-refractivity contribution >= 4 is 15.7 Å². The first-order valence-corrected chi connectivity index (χ1v) is 11.3. The van der Waals surface area contributed by atoms with Crippen LogP contribution in [0, 0.1) is 11.6 Å². The Hall–Kier alpha value is -3.22. The molecule has 0 saturated heterocycles. The zero-order valence-corrected chi connectivity index (χ0v) is 17.7. The first-order valence-electron chi connectivity index (χ1n) is 9.84. The van der Waals surface area contributed by atoms with Crippen molar-refractivity contribution in [2.24, 2.45) is 0 Å². The van der Waals surface area contributed by atoms with Crippen LogP contribution in [0.4, 0.5) is 27.6 Å². The van der Waals surface area contributed by atoms with Crippen LogP contribution in [0.2, 0.25) is 0 Å². The Morgan fingerprint density at radius 3 is 2.55 bits per heavy atom. The number of hydrogen-bond donors (Lipinski definition) is 1. The van der Waals surface area contributed by atoms with Gasteiger partial charge in [0.1, 0.15) is 23.2 Å². The van der Waals surface area contributed by atoms with Crippen LogP contribution < -0.4 is 9.46 Å². The molecule has 13 heteroatoms. The lowest BCUT2D eigenvalue weighted by atomic mass is 10.1. The van der Waals surface area contributed by atoms with Crippen LogP contribution in [0.25, 0.3) is 11.4 Å². The summed E-state index contributed by atoms with van der Waals surface area (Å²) in [5.41, 5.74) is -0.761. The van der Waals surface area contributed by atoms with Crippen molar-refractivity contribution in [3.63, 3.8) is 0 Å². The van der Waals surface area contributed by atoms with Crippen molar-refractivity contribution in [1.29, 1.82) is 0 Å². The third-order valence-electron chi connectivity index (χ3n) is 5.00. The molecular formula is C20H17F5N4O3S. The summed E-state index contributed by atoms with van der Waals surface area (Å²) in [7, 11) is -4.54. The molecule has 0 atom stereocenters. The van der Waals surface area contributed by atoms with Gasteiger partial charge in [-0.15, -0.1) is 23.4 Å². The number of hydrogen-bond acceptors (Lipinski definition) is 5. The number of aromatic nitrogens is 3. The van der Waals surface area contributed by atoms with Crippen molar-refractivity contribution in [1.82, 2.24) is 14.8 Å². The number of nitrogens with zero attached hydrogens (tertiary/aromatic N) is 3. The molecule has 1 aromatic heterocycles. The topological polar surface area (TPSA) is 86.1 Å². The summed E-state index contributed by atoms with van der Waals surface area (Å²) >= 11 is 0. The number of aryl methyl sites for hydroxylation is 1. The van der Waals surface area contributed by atoms with Crippen LogP contribution in [0.1, 0.15) is 25.1 Å². The second-order valence-corrected chi connectivity index (χ2v) is 9.02. The van der Waals surface area contributed by atoms with Gasteiger partial charge in [0.05, 0.1) is 16.1 Å². The van der Waals surface area contributed by atoms with Gasteiger partial charge in [-0.25, -0.2) is 17.2 Å². The van der Waals surface area contributed by atoms with E-state index in [4.69, 9.17) is 0 Å². The number of fused-ring (bicyclic) bond motifs is 1. The average Bonchev–Trinajstić information content (AvgIpc) is 2.96. The molecule has 1 aliphatic rings. The zero-order valence-electron chi connectivity index (χ0n) is 16.9. The van der Waals surface area contributed by atoms with Crippen LogP contribution in [-0.2, 0) is 23.0 Å². The zero-order chi connectivity index (χ0) is 23.8. The van der Waals surface area contributed by atoms with Gasteiger partial charge < -0.3 is 9.30 Å². The summed E-state index contributed by atoms with van der Waals surface area (Å²) in [6.07, 6.45) is -1.71. The highest BCUT2D eigenvalue weighted by Crippen LogP contribution is 2.31. The van der Waals surface area contributed by atoms with Gasteiger partial charge in [0.15, 0.2) is 5.82 Å². The van der Waals surface area contributed by atoms with Crippen molar-refractivity contribution < 1.29 is 35.1 Å². The minimum absolute atomic E-state index is 0.130. The molecule has 2 aromatic carbocycles. The van der Waals surface area contributed by atoms with Crippen molar-refractivity contribution in [2.45, 2.75) is 43.5 Å². The molecule has 3 aromatic rings. The standard InChI is InChI=1S/C20H17F5N4O3S/c21-15-11-16(22)17(10-14(15)19-27-26-18-7-2-1-3-8-29(18)19)28-33(30,31)13-6-4-5-12(9-13)32-20(23,24)25/h4-6,9-11,28H,1-3,7-8H2. The van der Waals surface area contributed by atoms with E-state index in [2.05, 4.69) is 14.9 Å². The normalized spacial score (nSPS) is 14.5. The Morgan fingerprint density at radius 1 is 1.00 bits per heavy atom. The lowest BCUT2D eigenvalue weighted by molar-refractivity contribution is -0.274. The Labute approximate surface area is 185 Å². The van der Waals surface area contributed by atoms with E-state index in [0.29, 0.717) is 30.9 Å². The smallest absolute Gasteiger partial charge is 0.406 e. The van der Waals surface area contributed by atoms with E-state index in [9.17, 15) is 30.4 Å². The van der Waals surface area contributed by atoms with E-state index in [1.54, 1.807) is 4.57 Å². The van der Waals surface area contributed by atoms with Gasteiger partial charge in [-0.2, -0.15) is 0 Å². The lowest BCUT2D eigenvalue weighted by Crippen LogP contribution is -2.18. The number of anilines is 1. The SMILES string of the molecule is O=S(=O)(Nc1cc(-c2nnc3n2CCCCC3)c(F)cc1F)c1cccc(OC(F)(F)F)c1. The maximum absolute atomic E-state index is 14.6. The largest absolute Gasteiger partial charge is 0.573 e. The number of halogens is 5. The average molecular weight is 488 g/mol. The van der Waals surface area contributed by atoms with Crippen molar-refractivity contribution in [2.75, 3.05) is 4.72 Å². The number of benzene rings is 2. The third-order valence-corrected chi connectivity index (χ3v) is 6.36. The number of alkyl halides is 3. The molecular weight excluding hydrogens is 471 g/mol. The van der Waals surface area contributed by atoms with E-state index in [1.165, 1.54) is 0 Å². The molecule has 1 N–H and O–H groups in total. The van der Waals surface area contributed by atoms with Gasteiger partial charge in [0.2, 0.25) is 0 Å². The van der Waals surface area contributed by atoms with E-state index in [1.807, 2.05) is 4.72 Å². The van der Waals surface area contributed by atoms with Gasteiger partial charge in [-0.3, -0.25) is 4.72 Å². The van der Waals surface area contributed by atoms with Crippen molar-refractivity contribution in [3.8, 4) is 17.1 Å². The Morgan fingerprint density at radius 2 is 1.79 bits per heavy atom. The van der Waals surface area contributed by atoms with Crippen LogP contribution in [0.5, 0.6) is 5.75 Å². The molecule has 7 nitrogen and oxygen atoms in total. The van der Waals surface area contributed by atoms with Gasteiger partial charge >= 0.3 is 6.36 Å². The molecule has 0 unspecified atom stereocenters. The molecule has 33 heavy (non-hydrogen) atoms. The van der Waals surface area contributed by atoms with Crippen molar-refractivity contribution in [3.05, 3.63) is 53.9 Å². The molecule has 0 saturated carbocycles. The maximum Gasteiger partial charge on any atom is 0.573 e. The fraction of sp³-hybridized carbons (Fsp3) is 0.300. The van der Waals surface area contributed by atoms with Gasteiger partial charge in [0, 0.05) is 25.1 Å². The third kappa shape index (κ3) is 5.07. The van der Waals surface area contributed by atoms with Gasteiger partial charge in [-0.05, 0) is 31.0 Å². The number of rotatable bonds is 5. The first-order chi connectivity index (χ1) is 15.5. The van der Waals surface area contributed by atoms with E-state index >= 15 is 0 Å². The Bertz CT molecular complexity index is 1290. The molecule has 1 aliphatic heterocycles. The molecule has 176 valence electrons. The lowest BCUT2D eigenvalue weighted by Gasteiger charge is -2.13. The summed E-state index contributed by atoms with van der Waals surface area (Å²) in [5.74, 6) is -2.16. The van der Waals surface area contributed by atoms with Gasteiger partial charge in [0.25, 0.3) is 10.0 Å². The molecule has 2 heterocycles. The molecule has 0 fully saturated rings. The minimum atomic E-state index is -5.02. The summed E-state index contributed by atoms with van der Waals surface area (Å²) < 4.78 is 99.2. The highest BCUT2D eigenvalue weighted by molar-refractivity contribution is 7.92. The van der Waals surface area contributed by atoms with Crippen LogP contribution >= 0.6 is 0 Å². The minimum Gasteiger partial charge on any atom is -0.406 e. The summed E-state index contributed by atoms with van der Waals surface area (Å²) in [6.45, 7) is 0.529. The highest BCUT2D eigenvalue weighted by Gasteiger charge is 2.31. The predicted molar refractivity (Wildman–Crippen MR) is 107 cm³/mol. The van der Waals surface area contributed by atoms with E-state index in [0.717, 1.165) is 43.5 Å². The predicted octanol–water partition coefficient (Wildman–Crippen LogP) is 4.65. The van der Waals surface area contributed by atoms with Crippen LogP contribution in [0.3, 0.4) is 0 Å². The summed E-state index contributed by atoms with van der Waals surface area (Å²) in [5, 5.41) is 8.05. The van der Waals surface area contributed by atoms with E-state index in [-0.39, 0.29) is 11.4 Å². The molecule has 4 rings (SSSR count). The van der Waals surface area contributed by atoms with Crippen LogP contribution in [-0.4, -0.2) is 29.5 Å². The number of ether oxygens (including phenoxy) is 1. The summed E-state index contributed by atoms with van der Waals surface area (Å²) in [4.78, 5) is -0.606. The molecule has 0 bridgehead atoms. The second kappa shape index (κ2) is 8.61. The van der Waals surface area contributed by atoms with Crippen LogP contribution in [0.15, 0.2) is 41.3 Å². The quantitative estimate of drug-likeness (QED) is 0.529. The monoisotopic (exact) mass is 488 g/mol. The molecule has 0 radical (unpaired) electrons.